The summed E-state index contributed by atoms with van der Waals surface area (Å²) in [6.45, 7) is 2.01. The van der Waals surface area contributed by atoms with Crippen molar-refractivity contribution in [3.8, 4) is 11.5 Å². The highest BCUT2D eigenvalue weighted by Gasteiger charge is 2.18. The minimum atomic E-state index is -3.67. The Morgan fingerprint density at radius 2 is 1.56 bits per heavy atom. The summed E-state index contributed by atoms with van der Waals surface area (Å²) in [5.74, 6) is 2.02. The highest BCUT2D eigenvalue weighted by atomic mass is 79.9. The summed E-state index contributed by atoms with van der Waals surface area (Å²) in [6, 6.07) is 23.5. The van der Waals surface area contributed by atoms with E-state index >= 15 is 0 Å². The number of sulfonamides is 1. The minimum absolute atomic E-state index is 0.124. The van der Waals surface area contributed by atoms with Gasteiger partial charge >= 0.3 is 0 Å². The van der Waals surface area contributed by atoms with Crippen molar-refractivity contribution < 1.29 is 13.2 Å². The first-order chi connectivity index (χ1) is 16.5. The molecule has 8 nitrogen and oxygen atoms in total. The molecule has 4 aromatic rings. The Morgan fingerprint density at radius 3 is 2.32 bits per heavy atom. The SMILES string of the molecule is CCNS(=O)(=O)c1ccccc1Nc1nc(Nc2ccccc2Oc2ccccc2)ncc1Br. The number of rotatable bonds is 9. The molecule has 0 aliphatic heterocycles. The van der Waals surface area contributed by atoms with Crippen molar-refractivity contribution in [2.45, 2.75) is 11.8 Å². The predicted molar refractivity (Wildman–Crippen MR) is 137 cm³/mol. The molecule has 1 heterocycles. The van der Waals surface area contributed by atoms with Crippen LogP contribution in [-0.4, -0.2) is 24.9 Å². The smallest absolute Gasteiger partial charge is 0.242 e. The molecule has 4 rings (SSSR count). The number of ether oxygens (including phenoxy) is 1. The summed E-state index contributed by atoms with van der Waals surface area (Å²) in [7, 11) is -3.67. The molecular formula is C24H22BrN5O3S. The van der Waals surface area contributed by atoms with E-state index in [4.69, 9.17) is 4.74 Å². The first-order valence-corrected chi connectivity index (χ1v) is 12.7. The summed E-state index contributed by atoms with van der Waals surface area (Å²) < 4.78 is 34.3. The number of anilines is 4. The van der Waals surface area contributed by atoms with Gasteiger partial charge in [0.15, 0.2) is 5.75 Å². The normalized spacial score (nSPS) is 11.1. The van der Waals surface area contributed by atoms with Gasteiger partial charge in [-0.3, -0.25) is 0 Å². The first-order valence-electron chi connectivity index (χ1n) is 10.4. The lowest BCUT2D eigenvalue weighted by Gasteiger charge is -2.15. The van der Waals surface area contributed by atoms with E-state index in [2.05, 4.69) is 41.3 Å². The second-order valence-electron chi connectivity index (χ2n) is 7.05. The van der Waals surface area contributed by atoms with Crippen LogP contribution in [0.5, 0.6) is 11.5 Å². The summed E-state index contributed by atoms with van der Waals surface area (Å²) in [6.07, 6.45) is 1.58. The first kappa shape index (κ1) is 23.7. The fourth-order valence-electron chi connectivity index (χ4n) is 3.11. The summed E-state index contributed by atoms with van der Waals surface area (Å²) >= 11 is 3.43. The molecule has 0 unspecified atom stereocenters. The number of hydrogen-bond donors (Lipinski definition) is 3. The lowest BCUT2D eigenvalue weighted by atomic mass is 10.3. The minimum Gasteiger partial charge on any atom is -0.455 e. The topological polar surface area (TPSA) is 105 Å². The fraction of sp³-hybridized carbons (Fsp3) is 0.0833. The lowest BCUT2D eigenvalue weighted by Crippen LogP contribution is -2.24. The number of nitrogens with one attached hydrogen (secondary N) is 3. The number of hydrogen-bond acceptors (Lipinski definition) is 7. The molecule has 1 aromatic heterocycles. The van der Waals surface area contributed by atoms with Gasteiger partial charge < -0.3 is 15.4 Å². The van der Waals surface area contributed by atoms with Gasteiger partial charge in [-0.15, -0.1) is 0 Å². The molecule has 0 fully saturated rings. The van der Waals surface area contributed by atoms with E-state index < -0.39 is 10.0 Å². The monoisotopic (exact) mass is 539 g/mol. The molecule has 0 bridgehead atoms. The van der Waals surface area contributed by atoms with Crippen LogP contribution in [-0.2, 0) is 10.0 Å². The van der Waals surface area contributed by atoms with E-state index in [0.717, 1.165) is 0 Å². The second kappa shape index (κ2) is 10.6. The second-order valence-corrected chi connectivity index (χ2v) is 9.64. The van der Waals surface area contributed by atoms with Crippen molar-refractivity contribution in [3.63, 3.8) is 0 Å². The molecule has 0 amide bonds. The van der Waals surface area contributed by atoms with E-state index in [9.17, 15) is 8.42 Å². The Kier molecular flexibility index (Phi) is 7.41. The third-order valence-corrected chi connectivity index (χ3v) is 6.80. The average Bonchev–Trinajstić information content (AvgIpc) is 2.83. The summed E-state index contributed by atoms with van der Waals surface area (Å²) in [5, 5.41) is 6.27. The van der Waals surface area contributed by atoms with Crippen molar-refractivity contribution >= 4 is 49.1 Å². The largest absolute Gasteiger partial charge is 0.455 e. The van der Waals surface area contributed by atoms with Crippen LogP contribution in [0.3, 0.4) is 0 Å². The molecule has 0 saturated carbocycles. The molecule has 3 N–H and O–H groups in total. The molecule has 10 heteroatoms. The molecule has 0 saturated heterocycles. The van der Waals surface area contributed by atoms with Gasteiger partial charge in [-0.1, -0.05) is 49.4 Å². The van der Waals surface area contributed by atoms with E-state index in [1.165, 1.54) is 6.07 Å². The molecular weight excluding hydrogens is 518 g/mol. The maximum atomic E-state index is 12.6. The highest BCUT2D eigenvalue weighted by molar-refractivity contribution is 9.10. The molecule has 0 aliphatic carbocycles. The van der Waals surface area contributed by atoms with E-state index in [1.54, 1.807) is 31.3 Å². The van der Waals surface area contributed by atoms with Gasteiger partial charge in [0, 0.05) is 12.7 Å². The predicted octanol–water partition coefficient (Wildman–Crippen LogP) is 5.82. The van der Waals surface area contributed by atoms with Crippen LogP contribution in [0.15, 0.2) is 94.4 Å². The fourth-order valence-corrected chi connectivity index (χ4v) is 4.60. The van der Waals surface area contributed by atoms with Gasteiger partial charge in [-0.2, -0.15) is 4.98 Å². The Balaban J connectivity index is 1.61. The Labute approximate surface area is 206 Å². The molecule has 0 radical (unpaired) electrons. The highest BCUT2D eigenvalue weighted by Crippen LogP contribution is 2.32. The van der Waals surface area contributed by atoms with Crippen molar-refractivity contribution in [3.05, 3.63) is 89.5 Å². The number of aromatic nitrogens is 2. The van der Waals surface area contributed by atoms with Crippen molar-refractivity contribution in [2.24, 2.45) is 0 Å². The standard InChI is InChI=1S/C24H22BrN5O3S/c1-2-27-34(31,32)22-15-9-7-13-20(22)28-23-18(25)16-26-24(30-23)29-19-12-6-8-14-21(19)33-17-10-4-3-5-11-17/h3-16,27H,2H2,1H3,(H2,26,28,29,30). The van der Waals surface area contributed by atoms with Crippen LogP contribution in [0.1, 0.15) is 6.92 Å². The zero-order valence-electron chi connectivity index (χ0n) is 18.2. The van der Waals surface area contributed by atoms with Gasteiger partial charge in [-0.05, 0) is 52.3 Å². The van der Waals surface area contributed by atoms with Crippen molar-refractivity contribution in [2.75, 3.05) is 17.2 Å². The van der Waals surface area contributed by atoms with Crippen LogP contribution in [0.25, 0.3) is 0 Å². The maximum absolute atomic E-state index is 12.6. The molecule has 0 atom stereocenters. The quantitative estimate of drug-likeness (QED) is 0.246. The molecule has 0 aliphatic rings. The molecule has 3 aromatic carbocycles. The molecule has 0 spiro atoms. The van der Waals surface area contributed by atoms with Gasteiger partial charge in [0.1, 0.15) is 16.5 Å². The number of para-hydroxylation sites is 4. The lowest BCUT2D eigenvalue weighted by molar-refractivity contribution is 0.485. The van der Waals surface area contributed by atoms with Crippen LogP contribution in [0.4, 0.5) is 23.1 Å². The molecule has 34 heavy (non-hydrogen) atoms. The molecule has 174 valence electrons. The van der Waals surface area contributed by atoms with Crippen molar-refractivity contribution in [1.29, 1.82) is 0 Å². The average molecular weight is 540 g/mol. The maximum Gasteiger partial charge on any atom is 0.242 e. The summed E-state index contributed by atoms with van der Waals surface area (Å²) in [4.78, 5) is 8.98. The number of halogens is 1. The Morgan fingerprint density at radius 1 is 0.882 bits per heavy atom. The Hall–Kier alpha value is -3.47. The van der Waals surface area contributed by atoms with Gasteiger partial charge in [-0.25, -0.2) is 18.1 Å². The Bertz CT molecular complexity index is 1380. The van der Waals surface area contributed by atoms with Crippen LogP contribution < -0.4 is 20.1 Å². The van der Waals surface area contributed by atoms with Gasteiger partial charge in [0.25, 0.3) is 0 Å². The van der Waals surface area contributed by atoms with Crippen molar-refractivity contribution in [1.82, 2.24) is 14.7 Å². The zero-order chi connectivity index (χ0) is 24.0. The van der Waals surface area contributed by atoms with Crippen LogP contribution >= 0.6 is 15.9 Å². The van der Waals surface area contributed by atoms with Gasteiger partial charge in [0.2, 0.25) is 16.0 Å². The van der Waals surface area contributed by atoms with E-state index in [0.29, 0.717) is 39.1 Å². The summed E-state index contributed by atoms with van der Waals surface area (Å²) in [5.41, 5.74) is 1.07. The van der Waals surface area contributed by atoms with E-state index in [-0.39, 0.29) is 11.4 Å². The van der Waals surface area contributed by atoms with E-state index in [1.807, 2.05) is 54.6 Å². The third kappa shape index (κ3) is 5.71. The number of benzene rings is 3. The van der Waals surface area contributed by atoms with Gasteiger partial charge in [0.05, 0.1) is 15.8 Å². The van der Waals surface area contributed by atoms with Crippen LogP contribution in [0, 0.1) is 0 Å². The van der Waals surface area contributed by atoms with Crippen LogP contribution in [0.2, 0.25) is 0 Å². The third-order valence-electron chi connectivity index (χ3n) is 4.61. The number of nitrogens with zero attached hydrogens (tertiary/aromatic N) is 2. The zero-order valence-corrected chi connectivity index (χ0v) is 20.6.